The van der Waals surface area contributed by atoms with Crippen LogP contribution in [-0.2, 0) is 10.1 Å². The van der Waals surface area contributed by atoms with Gasteiger partial charge in [-0.3, -0.25) is 4.55 Å². The summed E-state index contributed by atoms with van der Waals surface area (Å²) in [6, 6.07) is 0. The molecule has 0 atom stereocenters. The maximum atomic E-state index is 10.6. The Hall–Kier alpha value is -0.350. The summed E-state index contributed by atoms with van der Waals surface area (Å²) in [4.78, 5) is 0. The van der Waals surface area contributed by atoms with E-state index in [1.54, 1.807) is 6.08 Å². The summed E-state index contributed by atoms with van der Waals surface area (Å²) in [6.45, 7) is 2.30. The van der Waals surface area contributed by atoms with Crippen LogP contribution < -0.4 is 0 Å². The summed E-state index contributed by atoms with van der Waals surface area (Å²) in [5, 5.41) is 0. The van der Waals surface area contributed by atoms with Crippen molar-refractivity contribution >= 4 is 10.1 Å². The second kappa shape index (κ2) is 31.2. The number of allylic oxidation sites excluding steroid dienone is 1. The Morgan fingerprint density at radius 3 is 0.868 bits per heavy atom. The van der Waals surface area contributed by atoms with E-state index in [2.05, 4.69) is 6.92 Å². The van der Waals surface area contributed by atoms with E-state index in [1.807, 2.05) is 6.08 Å². The fourth-order valence-electron chi connectivity index (χ4n) is 5.42. The molecule has 0 saturated carbocycles. The lowest BCUT2D eigenvalue weighted by atomic mass is 10.0. The van der Waals surface area contributed by atoms with Crippen molar-refractivity contribution in [3.63, 3.8) is 0 Å². The van der Waals surface area contributed by atoms with Gasteiger partial charge in [-0.1, -0.05) is 199 Å². The van der Waals surface area contributed by atoms with Gasteiger partial charge in [0.15, 0.2) is 0 Å². The third kappa shape index (κ3) is 35.6. The van der Waals surface area contributed by atoms with Gasteiger partial charge < -0.3 is 0 Å². The maximum Gasteiger partial charge on any atom is 0.268 e. The number of rotatable bonds is 32. The van der Waals surface area contributed by atoms with Gasteiger partial charge in [0.05, 0.1) is 5.75 Å². The van der Waals surface area contributed by atoms with E-state index in [9.17, 15) is 8.42 Å². The molecule has 0 aliphatic carbocycles. The SMILES string of the molecule is CCCCCCCCCCCCCCCCCCCCCCCCCCCCCCC/C=C/CS(=O)(=O)O. The molecule has 4 heteroatoms. The van der Waals surface area contributed by atoms with Gasteiger partial charge in [0, 0.05) is 0 Å². The molecule has 0 fully saturated rings. The van der Waals surface area contributed by atoms with E-state index < -0.39 is 10.1 Å². The second-order valence-electron chi connectivity index (χ2n) is 11.9. The minimum atomic E-state index is -3.84. The van der Waals surface area contributed by atoms with Crippen LogP contribution in [-0.4, -0.2) is 18.7 Å². The number of hydrogen-bond acceptors (Lipinski definition) is 2. The monoisotopic (exact) mass is 556 g/mol. The second-order valence-corrected chi connectivity index (χ2v) is 13.4. The van der Waals surface area contributed by atoms with E-state index >= 15 is 0 Å². The van der Waals surface area contributed by atoms with Gasteiger partial charge in [-0.15, -0.1) is 0 Å². The van der Waals surface area contributed by atoms with Crippen molar-refractivity contribution in [3.05, 3.63) is 12.2 Å². The first-order valence-corrected chi connectivity index (χ1v) is 18.8. The molecule has 0 aliphatic rings. The average molecular weight is 557 g/mol. The molecule has 0 heterocycles. The van der Waals surface area contributed by atoms with Crippen molar-refractivity contribution in [1.82, 2.24) is 0 Å². The molecule has 1 N–H and O–H groups in total. The van der Waals surface area contributed by atoms with Gasteiger partial charge in [-0.2, -0.15) is 8.42 Å². The smallest absolute Gasteiger partial charge is 0.268 e. The molecule has 0 radical (unpaired) electrons. The average Bonchev–Trinajstić information content (AvgIpc) is 2.88. The Labute approximate surface area is 240 Å². The Bertz CT molecular complexity index is 570. The molecule has 0 aromatic rings. The zero-order valence-corrected chi connectivity index (χ0v) is 26.6. The van der Waals surface area contributed by atoms with Crippen LogP contribution in [0.15, 0.2) is 12.2 Å². The molecular weight excluding hydrogens is 488 g/mol. The van der Waals surface area contributed by atoms with E-state index in [0.717, 1.165) is 12.8 Å². The van der Waals surface area contributed by atoms with Crippen LogP contribution in [0.1, 0.15) is 200 Å². The van der Waals surface area contributed by atoms with Crippen molar-refractivity contribution in [3.8, 4) is 0 Å². The topological polar surface area (TPSA) is 54.4 Å². The lowest BCUT2D eigenvalue weighted by Gasteiger charge is -2.04. The summed E-state index contributed by atoms with van der Waals surface area (Å²) in [5.74, 6) is -0.257. The van der Waals surface area contributed by atoms with Crippen molar-refractivity contribution < 1.29 is 13.0 Å². The van der Waals surface area contributed by atoms with Crippen LogP contribution in [0, 0.1) is 0 Å². The Kier molecular flexibility index (Phi) is 30.9. The molecule has 0 amide bonds. The van der Waals surface area contributed by atoms with Crippen LogP contribution in [0.25, 0.3) is 0 Å². The molecule has 0 aliphatic heterocycles. The molecule has 0 saturated heterocycles. The van der Waals surface area contributed by atoms with Crippen molar-refractivity contribution in [2.45, 2.75) is 200 Å². The van der Waals surface area contributed by atoms with E-state index in [1.165, 1.54) is 180 Å². The Balaban J connectivity index is 3.07. The van der Waals surface area contributed by atoms with Crippen molar-refractivity contribution in [2.24, 2.45) is 0 Å². The van der Waals surface area contributed by atoms with Crippen molar-refractivity contribution in [2.75, 3.05) is 5.75 Å². The molecule has 0 rings (SSSR count). The molecule has 38 heavy (non-hydrogen) atoms. The van der Waals surface area contributed by atoms with Crippen LogP contribution >= 0.6 is 0 Å². The highest BCUT2D eigenvalue weighted by atomic mass is 32.2. The summed E-state index contributed by atoms with van der Waals surface area (Å²) in [7, 11) is -3.84. The van der Waals surface area contributed by atoms with Crippen LogP contribution in [0.4, 0.5) is 0 Å². The van der Waals surface area contributed by atoms with Crippen LogP contribution in [0.5, 0.6) is 0 Å². The largest absolute Gasteiger partial charge is 0.285 e. The summed E-state index contributed by atoms with van der Waals surface area (Å²) in [5.41, 5.74) is 0. The van der Waals surface area contributed by atoms with Crippen LogP contribution in [0.2, 0.25) is 0 Å². The van der Waals surface area contributed by atoms with E-state index in [4.69, 9.17) is 4.55 Å². The molecule has 0 bridgehead atoms. The number of unbranched alkanes of at least 4 members (excludes halogenated alkanes) is 29. The van der Waals surface area contributed by atoms with Gasteiger partial charge in [0.25, 0.3) is 10.1 Å². The lowest BCUT2D eigenvalue weighted by Crippen LogP contribution is -1.99. The lowest BCUT2D eigenvalue weighted by molar-refractivity contribution is 0.486. The van der Waals surface area contributed by atoms with Gasteiger partial charge in [-0.25, -0.2) is 0 Å². The molecule has 0 aromatic heterocycles. The first-order chi connectivity index (χ1) is 18.6. The minimum absolute atomic E-state index is 0.257. The fraction of sp³-hybridized carbons (Fsp3) is 0.941. The molecule has 0 aromatic carbocycles. The van der Waals surface area contributed by atoms with Gasteiger partial charge in [0.1, 0.15) is 0 Å². The zero-order chi connectivity index (χ0) is 27.8. The summed E-state index contributed by atoms with van der Waals surface area (Å²) < 4.78 is 29.9. The molecule has 0 spiro atoms. The molecular formula is C34H68O3S. The normalized spacial score (nSPS) is 12.2. The zero-order valence-electron chi connectivity index (χ0n) is 25.7. The fourth-order valence-corrected chi connectivity index (χ4v) is 5.80. The third-order valence-corrected chi connectivity index (χ3v) is 8.56. The summed E-state index contributed by atoms with van der Waals surface area (Å²) >= 11 is 0. The van der Waals surface area contributed by atoms with Gasteiger partial charge in [-0.05, 0) is 12.8 Å². The maximum absolute atomic E-state index is 10.6. The van der Waals surface area contributed by atoms with Gasteiger partial charge in [0.2, 0.25) is 0 Å². The Morgan fingerprint density at radius 2 is 0.632 bits per heavy atom. The minimum Gasteiger partial charge on any atom is -0.285 e. The van der Waals surface area contributed by atoms with E-state index in [-0.39, 0.29) is 5.75 Å². The molecule has 0 unspecified atom stereocenters. The summed E-state index contributed by atoms with van der Waals surface area (Å²) in [6.07, 6.45) is 45.4. The van der Waals surface area contributed by atoms with Gasteiger partial charge >= 0.3 is 0 Å². The number of hydrogen-bond donors (Lipinski definition) is 1. The molecule has 228 valence electrons. The quantitative estimate of drug-likeness (QED) is 0.0509. The first-order valence-electron chi connectivity index (χ1n) is 17.2. The Morgan fingerprint density at radius 1 is 0.395 bits per heavy atom. The van der Waals surface area contributed by atoms with E-state index in [0.29, 0.717) is 0 Å². The highest BCUT2D eigenvalue weighted by Crippen LogP contribution is 2.16. The predicted octanol–water partition coefficient (Wildman–Crippen LogP) is 12.2. The standard InChI is InChI=1S/C34H68O3S/c1-2-3-4-5-6-7-8-9-10-11-12-13-14-15-16-17-18-19-20-21-22-23-24-25-26-27-28-29-30-31-32-33-34-38(35,36)37/h32-33H,2-31,34H2,1H3,(H,35,36,37)/b33-32+. The molecule has 3 nitrogen and oxygen atoms in total. The third-order valence-electron chi connectivity index (χ3n) is 7.95. The van der Waals surface area contributed by atoms with Crippen molar-refractivity contribution in [1.29, 1.82) is 0 Å². The first kappa shape index (κ1) is 37.6. The van der Waals surface area contributed by atoms with Crippen LogP contribution in [0.3, 0.4) is 0 Å². The highest BCUT2D eigenvalue weighted by molar-refractivity contribution is 7.85. The highest BCUT2D eigenvalue weighted by Gasteiger charge is 1.99. The predicted molar refractivity (Wildman–Crippen MR) is 170 cm³/mol.